The number of fused-ring (bicyclic) bond motifs is 9. The number of nitrogens with zero attached hydrogens (tertiary/aromatic N) is 1. The van der Waals surface area contributed by atoms with Crippen molar-refractivity contribution in [3.63, 3.8) is 0 Å². The highest BCUT2D eigenvalue weighted by Crippen LogP contribution is 2.68. The molecular formula is C30H29N3O6S2. The molecule has 2 aliphatic carbocycles. The molecule has 2 N–H and O–H groups in total. The summed E-state index contributed by atoms with van der Waals surface area (Å²) in [5.74, 6) is -0.694. The van der Waals surface area contributed by atoms with Gasteiger partial charge in [-0.05, 0) is 60.4 Å². The van der Waals surface area contributed by atoms with E-state index < -0.39 is 11.8 Å². The highest BCUT2D eigenvalue weighted by molar-refractivity contribution is 8.00. The van der Waals surface area contributed by atoms with E-state index in [9.17, 15) is 19.2 Å². The second kappa shape index (κ2) is 9.77. The van der Waals surface area contributed by atoms with Gasteiger partial charge >= 0.3 is 4.87 Å². The number of hydrogen-bond donors (Lipinski definition) is 2. The van der Waals surface area contributed by atoms with E-state index in [-0.39, 0.29) is 58.1 Å². The van der Waals surface area contributed by atoms with Crippen molar-refractivity contribution in [1.82, 2.24) is 9.88 Å². The molecular weight excluding hydrogens is 562 g/mol. The zero-order valence-corrected chi connectivity index (χ0v) is 24.3. The topological polar surface area (TPSA) is 118 Å². The van der Waals surface area contributed by atoms with Gasteiger partial charge in [-0.25, -0.2) is 0 Å². The number of benzene rings is 2. The van der Waals surface area contributed by atoms with E-state index in [2.05, 4.69) is 10.3 Å². The number of methoxy groups -OCH3 is 2. The summed E-state index contributed by atoms with van der Waals surface area (Å²) in [6, 6.07) is 13.2. The van der Waals surface area contributed by atoms with Gasteiger partial charge in [0.15, 0.2) is 11.5 Å². The maximum atomic E-state index is 13.8. The molecule has 7 rings (SSSR count). The Bertz CT molecular complexity index is 1650. The fourth-order valence-electron chi connectivity index (χ4n) is 7.70. The largest absolute Gasteiger partial charge is 0.493 e. The lowest BCUT2D eigenvalue weighted by Crippen LogP contribution is -2.42. The molecule has 2 aromatic carbocycles. The van der Waals surface area contributed by atoms with Gasteiger partial charge in [0.25, 0.3) is 0 Å². The Morgan fingerprint density at radius 3 is 2.49 bits per heavy atom. The predicted molar refractivity (Wildman–Crippen MR) is 155 cm³/mol. The van der Waals surface area contributed by atoms with Crippen LogP contribution < -0.4 is 19.7 Å². The number of hydrogen-bond acceptors (Lipinski definition) is 8. The van der Waals surface area contributed by atoms with Crippen molar-refractivity contribution in [3.05, 3.63) is 68.1 Å². The van der Waals surface area contributed by atoms with Crippen LogP contribution in [0, 0.1) is 36.5 Å². The Hall–Kier alpha value is -3.57. The van der Waals surface area contributed by atoms with Crippen molar-refractivity contribution in [2.75, 3.05) is 26.1 Å². The second-order valence-electron chi connectivity index (χ2n) is 11.2. The Morgan fingerprint density at radius 1 is 1.02 bits per heavy atom. The summed E-state index contributed by atoms with van der Waals surface area (Å²) < 4.78 is 11.1. The monoisotopic (exact) mass is 591 g/mol. The minimum absolute atomic E-state index is 0.0138. The van der Waals surface area contributed by atoms with Crippen molar-refractivity contribution >= 4 is 46.5 Å². The molecule has 9 nitrogen and oxygen atoms in total. The highest BCUT2D eigenvalue weighted by Gasteiger charge is 2.69. The van der Waals surface area contributed by atoms with Gasteiger partial charge in [-0.1, -0.05) is 35.6 Å². The molecule has 0 spiro atoms. The quantitative estimate of drug-likeness (QED) is 0.418. The van der Waals surface area contributed by atoms with Crippen LogP contribution in [0.2, 0.25) is 0 Å². The van der Waals surface area contributed by atoms with E-state index in [0.29, 0.717) is 17.2 Å². The maximum Gasteiger partial charge on any atom is 0.305 e. The average molecular weight is 592 g/mol. The van der Waals surface area contributed by atoms with Crippen LogP contribution in [0.3, 0.4) is 0 Å². The summed E-state index contributed by atoms with van der Waals surface area (Å²) in [7, 11) is 3.18. The number of carbonyl (C=O) groups excluding carboxylic acids is 3. The molecule has 212 valence electrons. The summed E-state index contributed by atoms with van der Waals surface area (Å²) in [6.07, 6.45) is 0.779. The summed E-state index contributed by atoms with van der Waals surface area (Å²) >= 11 is 2.85. The first-order valence-corrected chi connectivity index (χ1v) is 15.3. The summed E-state index contributed by atoms with van der Waals surface area (Å²) in [6.45, 7) is 1.60. The Balaban J connectivity index is 1.21. The molecule has 4 aliphatic rings. The van der Waals surface area contributed by atoms with Crippen molar-refractivity contribution in [3.8, 4) is 11.5 Å². The van der Waals surface area contributed by atoms with Gasteiger partial charge in [0.2, 0.25) is 17.7 Å². The Labute approximate surface area is 244 Å². The first-order chi connectivity index (χ1) is 19.8. The van der Waals surface area contributed by atoms with Crippen LogP contribution in [0.25, 0.3) is 0 Å². The van der Waals surface area contributed by atoms with Gasteiger partial charge in [-0.3, -0.25) is 24.1 Å². The van der Waals surface area contributed by atoms with E-state index in [0.717, 1.165) is 27.5 Å². The number of amides is 3. The molecule has 2 saturated carbocycles. The van der Waals surface area contributed by atoms with E-state index in [1.54, 1.807) is 32.0 Å². The molecule has 0 radical (unpaired) electrons. The summed E-state index contributed by atoms with van der Waals surface area (Å²) in [4.78, 5) is 58.0. The molecule has 1 saturated heterocycles. The number of nitrogens with one attached hydrogen (secondary N) is 2. The Morgan fingerprint density at radius 2 is 1.76 bits per heavy atom. The van der Waals surface area contributed by atoms with Crippen molar-refractivity contribution in [2.45, 2.75) is 29.5 Å². The Kier molecular flexibility index (Phi) is 6.27. The number of likely N-dealkylation sites (tertiary alicyclic amines) is 1. The third-order valence-corrected chi connectivity index (χ3v) is 11.9. The lowest BCUT2D eigenvalue weighted by atomic mass is 9.68. The molecule has 7 atom stereocenters. The first kappa shape index (κ1) is 26.3. The number of imide groups is 1. The molecule has 1 aromatic heterocycles. The normalized spacial score (nSPS) is 29.2. The zero-order chi connectivity index (χ0) is 28.6. The average Bonchev–Trinajstić information content (AvgIpc) is 3.70. The van der Waals surface area contributed by atoms with E-state index in [1.165, 1.54) is 16.2 Å². The predicted octanol–water partition coefficient (Wildman–Crippen LogP) is 3.87. The zero-order valence-electron chi connectivity index (χ0n) is 22.7. The number of thiazole rings is 1. The van der Waals surface area contributed by atoms with Gasteiger partial charge in [-0.2, -0.15) is 0 Å². The third kappa shape index (κ3) is 3.96. The molecule has 3 heterocycles. The number of aromatic amines is 1. The number of H-pyrrole nitrogens is 1. The van der Waals surface area contributed by atoms with Gasteiger partial charge < -0.3 is 19.8 Å². The molecule has 6 unspecified atom stereocenters. The lowest BCUT2D eigenvalue weighted by molar-refractivity contribution is -0.143. The van der Waals surface area contributed by atoms with E-state index in [1.807, 2.05) is 43.3 Å². The summed E-state index contributed by atoms with van der Waals surface area (Å²) in [5.41, 5.74) is 2.56. The van der Waals surface area contributed by atoms with Gasteiger partial charge in [0.1, 0.15) is 6.54 Å². The van der Waals surface area contributed by atoms with Crippen molar-refractivity contribution < 1.29 is 23.9 Å². The number of aromatic nitrogens is 1. The maximum absolute atomic E-state index is 13.8. The minimum atomic E-state index is -0.458. The van der Waals surface area contributed by atoms with E-state index >= 15 is 0 Å². The lowest BCUT2D eigenvalue weighted by Gasteiger charge is -2.43. The van der Waals surface area contributed by atoms with Crippen LogP contribution >= 0.6 is 23.1 Å². The fourth-order valence-corrected chi connectivity index (χ4v) is 10.6. The van der Waals surface area contributed by atoms with Crippen LogP contribution in [0.1, 0.15) is 28.3 Å². The minimum Gasteiger partial charge on any atom is -0.493 e. The van der Waals surface area contributed by atoms with Crippen molar-refractivity contribution in [1.29, 1.82) is 0 Å². The van der Waals surface area contributed by atoms with Gasteiger partial charge in [0, 0.05) is 21.7 Å². The van der Waals surface area contributed by atoms with Crippen LogP contribution in [-0.2, 0) is 14.4 Å². The summed E-state index contributed by atoms with van der Waals surface area (Å²) in [5, 5.41) is 3.76. The molecule has 2 aliphatic heterocycles. The number of anilines is 1. The molecule has 41 heavy (non-hydrogen) atoms. The second-order valence-corrected chi connectivity index (χ2v) is 13.4. The standard InChI is InChI=1S/C30H29N3O6S2/c1-13-6-4-5-7-17(13)31-20(34)12-33-28(35)23-15-11-16(24(23)29(33)36)25-22(15)21(26-27(40-25)32-30(37)41-26)14-8-9-18(38-2)19(10-14)39-3/h4-10,15-16,21-25H,11-12H2,1-3H3,(H,31,34)(H,32,37)/t15?,16?,21-,22?,23?,24?,25?/m1/s1. The highest BCUT2D eigenvalue weighted by atomic mass is 32.2. The number of ether oxygens (including phenoxy) is 2. The number of thioether (sulfide) groups is 1. The van der Waals surface area contributed by atoms with Crippen LogP contribution in [-0.4, -0.2) is 53.6 Å². The molecule has 11 heteroatoms. The van der Waals surface area contributed by atoms with Gasteiger partial charge in [0.05, 0.1) is 31.1 Å². The molecule has 3 fully saturated rings. The molecule has 2 bridgehead atoms. The third-order valence-electron chi connectivity index (χ3n) is 9.30. The fraction of sp³-hybridized carbons (Fsp3) is 0.400. The molecule has 3 amide bonds. The smallest absolute Gasteiger partial charge is 0.305 e. The van der Waals surface area contributed by atoms with Crippen LogP contribution in [0.15, 0.2) is 52.3 Å². The SMILES string of the molecule is COc1ccc([C@H]2c3sc(=O)[nH]c3SC3C4CC(C5C(=O)N(CC(=O)Nc6ccccc6C)C(=O)C45)C32)cc1OC. The molecule has 3 aromatic rings. The number of rotatable bonds is 6. The van der Waals surface area contributed by atoms with Crippen LogP contribution in [0.5, 0.6) is 11.5 Å². The number of para-hydroxylation sites is 1. The number of aryl methyl sites for hydroxylation is 1. The number of carbonyl (C=O) groups is 3. The van der Waals surface area contributed by atoms with Gasteiger partial charge in [-0.15, -0.1) is 11.8 Å². The van der Waals surface area contributed by atoms with E-state index in [4.69, 9.17) is 9.47 Å². The van der Waals surface area contributed by atoms with Crippen molar-refractivity contribution in [2.24, 2.45) is 29.6 Å². The first-order valence-electron chi connectivity index (χ1n) is 13.6. The van der Waals surface area contributed by atoms with Crippen LogP contribution in [0.4, 0.5) is 5.69 Å².